The molecule has 5 nitrogen and oxygen atoms in total. The van der Waals surface area contributed by atoms with Gasteiger partial charge in [0, 0.05) is 11.1 Å². The monoisotopic (exact) mass is 405 g/mol. The van der Waals surface area contributed by atoms with E-state index < -0.39 is 5.54 Å². The zero-order valence-corrected chi connectivity index (χ0v) is 17.2. The molecule has 2 rings (SSSR count). The van der Waals surface area contributed by atoms with Gasteiger partial charge in [0.1, 0.15) is 11.5 Å². The molecule has 158 valence electrons. The highest BCUT2D eigenvalue weighted by Gasteiger charge is 2.26. The molecule has 2 N–H and O–H groups in total. The van der Waals surface area contributed by atoms with Crippen LogP contribution in [0.2, 0.25) is 0 Å². The summed E-state index contributed by atoms with van der Waals surface area (Å²) in [6.07, 6.45) is 7.99. The Labute approximate surface area is 180 Å². The van der Waals surface area contributed by atoms with E-state index in [2.05, 4.69) is 13.2 Å². The van der Waals surface area contributed by atoms with Gasteiger partial charge in [-0.25, -0.2) is 0 Å². The average molecular weight is 406 g/mol. The highest BCUT2D eigenvalue weighted by Crippen LogP contribution is 2.33. The van der Waals surface area contributed by atoms with Crippen molar-refractivity contribution in [1.82, 2.24) is 0 Å². The number of nitriles is 2. The van der Waals surface area contributed by atoms with Gasteiger partial charge in [-0.2, -0.15) is 0 Å². The fourth-order valence-corrected chi connectivity index (χ4v) is 2.90. The second kappa shape index (κ2) is 12.8. The summed E-state index contributed by atoms with van der Waals surface area (Å²) in [7, 11) is 0. The Kier molecular flexibility index (Phi) is 11.3. The summed E-state index contributed by atoms with van der Waals surface area (Å²) in [6.45, 7) is 13.4. The van der Waals surface area contributed by atoms with Crippen LogP contribution in [0.15, 0.2) is 61.7 Å². The summed E-state index contributed by atoms with van der Waals surface area (Å²) in [5.74, 6) is 0.976. The molecule has 5 heteroatoms. The molecule has 2 aromatic rings. The van der Waals surface area contributed by atoms with Gasteiger partial charge in [0.15, 0.2) is 0 Å². The van der Waals surface area contributed by atoms with Crippen molar-refractivity contribution in [1.29, 1.82) is 10.5 Å². The summed E-state index contributed by atoms with van der Waals surface area (Å²) in [5, 5.41) is 17.6. The Balaban J connectivity index is 0.00000272. The molecule has 0 aliphatic heterocycles. The summed E-state index contributed by atoms with van der Waals surface area (Å²) >= 11 is 0. The minimum absolute atomic E-state index is 0. The maximum Gasteiger partial charge on any atom is 0.292 e. The molecular weight excluding hydrogens is 374 g/mol. The molecule has 0 amide bonds. The molecular formula is C25H31N3O2. The number of allylic oxidation sites excluding steroid dienone is 2. The lowest BCUT2D eigenvalue weighted by Crippen LogP contribution is -2.34. The third kappa shape index (κ3) is 6.24. The van der Waals surface area contributed by atoms with Crippen molar-refractivity contribution in [2.24, 2.45) is 5.73 Å². The molecule has 0 saturated carbocycles. The number of nitrogens with two attached hydrogens (primary N) is 1. The minimum atomic E-state index is -0.803. The van der Waals surface area contributed by atoms with Crippen molar-refractivity contribution in [3.8, 4) is 24.0 Å². The molecule has 30 heavy (non-hydrogen) atoms. The Morgan fingerprint density at radius 3 is 1.57 bits per heavy atom. The van der Waals surface area contributed by atoms with E-state index in [9.17, 15) is 0 Å². The van der Waals surface area contributed by atoms with Crippen LogP contribution in [0.25, 0.3) is 0 Å². The average Bonchev–Trinajstić information content (AvgIpc) is 2.72. The largest absolute Gasteiger partial charge is 0.388 e. The SMILES string of the molecule is C.C=CCc1cc(C(C)(N)c2ccc(OC#N)c(CC=C)c2)ccc1OC#N.CC. The summed E-state index contributed by atoms with van der Waals surface area (Å²) in [5.41, 5.74) is 9.26. The third-order valence-electron chi connectivity index (χ3n) is 4.36. The van der Waals surface area contributed by atoms with Crippen LogP contribution in [0.4, 0.5) is 0 Å². The molecule has 0 saturated heterocycles. The van der Waals surface area contributed by atoms with Gasteiger partial charge < -0.3 is 15.2 Å². The normalized spacial score (nSPS) is 9.53. The molecule has 0 bridgehead atoms. The van der Waals surface area contributed by atoms with Crippen molar-refractivity contribution in [2.45, 2.75) is 46.6 Å². The molecule has 0 fully saturated rings. The van der Waals surface area contributed by atoms with E-state index in [-0.39, 0.29) is 7.43 Å². The fourth-order valence-electron chi connectivity index (χ4n) is 2.90. The van der Waals surface area contributed by atoms with E-state index in [1.54, 1.807) is 36.8 Å². The first kappa shape index (κ1) is 26.5. The van der Waals surface area contributed by atoms with E-state index in [0.29, 0.717) is 24.3 Å². The quantitative estimate of drug-likeness (QED) is 0.446. The standard InChI is InChI=1S/C22H21N3O2.C2H6.CH4/c1-4-6-16-12-18(8-10-20(16)26-14-23)22(3,25)19-9-11-21(27-15-24)17(13-19)7-5-2;1-2;/h4-5,8-13H,1-2,6-7,25H2,3H3;1-2H3;1H4. The number of hydrogen-bond donors (Lipinski definition) is 1. The van der Waals surface area contributed by atoms with Gasteiger partial charge in [0.2, 0.25) is 0 Å². The predicted octanol–water partition coefficient (Wildman–Crippen LogP) is 5.75. The van der Waals surface area contributed by atoms with Crippen LogP contribution in [-0.2, 0) is 18.4 Å². The zero-order chi connectivity index (χ0) is 21.9. The van der Waals surface area contributed by atoms with Gasteiger partial charge in [-0.1, -0.05) is 45.6 Å². The molecule has 2 aromatic carbocycles. The van der Waals surface area contributed by atoms with Crippen LogP contribution in [0.3, 0.4) is 0 Å². The van der Waals surface area contributed by atoms with Gasteiger partial charge >= 0.3 is 0 Å². The number of nitrogens with zero attached hydrogens (tertiary/aromatic N) is 2. The van der Waals surface area contributed by atoms with Crippen molar-refractivity contribution >= 4 is 0 Å². The van der Waals surface area contributed by atoms with Crippen LogP contribution in [0, 0.1) is 23.0 Å². The number of benzene rings is 2. The number of ether oxygens (including phenoxy) is 2. The Hall–Kier alpha value is -3.54. The molecule has 0 heterocycles. The number of hydrogen-bond acceptors (Lipinski definition) is 5. The van der Waals surface area contributed by atoms with Crippen LogP contribution in [0.1, 0.15) is 50.5 Å². The van der Waals surface area contributed by atoms with Crippen molar-refractivity contribution in [2.75, 3.05) is 0 Å². The highest BCUT2D eigenvalue weighted by molar-refractivity contribution is 5.48. The molecule has 0 aliphatic rings. The van der Waals surface area contributed by atoms with E-state index >= 15 is 0 Å². The van der Waals surface area contributed by atoms with Crippen LogP contribution in [-0.4, -0.2) is 0 Å². The highest BCUT2D eigenvalue weighted by atomic mass is 16.5. The number of rotatable bonds is 8. The molecule has 0 atom stereocenters. The zero-order valence-electron chi connectivity index (χ0n) is 17.2. The van der Waals surface area contributed by atoms with E-state index in [1.807, 2.05) is 45.0 Å². The van der Waals surface area contributed by atoms with Crippen molar-refractivity contribution in [3.05, 3.63) is 84.0 Å². The Bertz CT molecular complexity index is 859. The van der Waals surface area contributed by atoms with Gasteiger partial charge in [-0.05, 0) is 55.2 Å². The first-order valence-electron chi connectivity index (χ1n) is 9.37. The van der Waals surface area contributed by atoms with Gasteiger partial charge in [0.25, 0.3) is 12.5 Å². The minimum Gasteiger partial charge on any atom is -0.388 e. The van der Waals surface area contributed by atoms with Gasteiger partial charge in [-0.15, -0.1) is 23.7 Å². The van der Waals surface area contributed by atoms with E-state index in [4.69, 9.17) is 25.7 Å². The topological polar surface area (TPSA) is 92.1 Å². The lowest BCUT2D eigenvalue weighted by Gasteiger charge is -2.27. The smallest absolute Gasteiger partial charge is 0.292 e. The Morgan fingerprint density at radius 2 is 1.27 bits per heavy atom. The molecule has 0 spiro atoms. The first-order chi connectivity index (χ1) is 14.0. The first-order valence-corrected chi connectivity index (χ1v) is 9.37. The van der Waals surface area contributed by atoms with Gasteiger partial charge in [0.05, 0.1) is 5.54 Å². The van der Waals surface area contributed by atoms with E-state index in [1.165, 1.54) is 0 Å². The van der Waals surface area contributed by atoms with Crippen LogP contribution >= 0.6 is 0 Å². The Morgan fingerprint density at radius 1 is 0.900 bits per heavy atom. The van der Waals surface area contributed by atoms with Gasteiger partial charge in [-0.3, -0.25) is 0 Å². The van der Waals surface area contributed by atoms with Crippen LogP contribution in [0.5, 0.6) is 11.5 Å². The second-order valence-corrected chi connectivity index (χ2v) is 6.22. The third-order valence-corrected chi connectivity index (χ3v) is 4.36. The summed E-state index contributed by atoms with van der Waals surface area (Å²) < 4.78 is 10.0. The summed E-state index contributed by atoms with van der Waals surface area (Å²) in [4.78, 5) is 0. The molecule has 0 aliphatic carbocycles. The van der Waals surface area contributed by atoms with Crippen LogP contribution < -0.4 is 15.2 Å². The lowest BCUT2D eigenvalue weighted by atomic mass is 9.83. The van der Waals surface area contributed by atoms with E-state index in [0.717, 1.165) is 22.3 Å². The molecule has 0 radical (unpaired) electrons. The molecule has 0 aromatic heterocycles. The lowest BCUT2D eigenvalue weighted by molar-refractivity contribution is 0.498. The van der Waals surface area contributed by atoms with Crippen molar-refractivity contribution in [3.63, 3.8) is 0 Å². The predicted molar refractivity (Wildman–Crippen MR) is 122 cm³/mol. The maximum absolute atomic E-state index is 8.80. The summed E-state index contributed by atoms with van der Waals surface area (Å²) in [6, 6.07) is 11.0. The van der Waals surface area contributed by atoms with Crippen molar-refractivity contribution < 1.29 is 9.47 Å². The second-order valence-electron chi connectivity index (χ2n) is 6.22. The fraction of sp³-hybridized carbons (Fsp3) is 0.280. The maximum atomic E-state index is 8.80. The molecule has 0 unspecified atom stereocenters.